The van der Waals surface area contributed by atoms with Crippen molar-refractivity contribution >= 4 is 5.96 Å². The Morgan fingerprint density at radius 2 is 1.86 bits per heavy atom. The number of nitrogens with one attached hydrogen (secondary N) is 2. The van der Waals surface area contributed by atoms with E-state index in [0.717, 1.165) is 51.8 Å². The third kappa shape index (κ3) is 8.24. The number of ether oxygens (including phenoxy) is 2. The van der Waals surface area contributed by atoms with Gasteiger partial charge in [-0.2, -0.15) is 0 Å². The molecule has 1 fully saturated rings. The third-order valence-electron chi connectivity index (χ3n) is 3.77. The Morgan fingerprint density at radius 1 is 1.14 bits per heavy atom. The van der Waals surface area contributed by atoms with Gasteiger partial charge in [0, 0.05) is 40.4 Å². The molecule has 0 aromatic carbocycles. The molecule has 1 heterocycles. The van der Waals surface area contributed by atoms with Gasteiger partial charge in [-0.3, -0.25) is 4.99 Å². The van der Waals surface area contributed by atoms with E-state index in [4.69, 9.17) is 14.5 Å². The zero-order valence-electron chi connectivity index (χ0n) is 13.9. The molecule has 2 N–H and O–H groups in total. The Balaban J connectivity index is 2.26. The number of rotatable bonds is 9. The monoisotopic (exact) mass is 300 g/mol. The van der Waals surface area contributed by atoms with Gasteiger partial charge in [0.15, 0.2) is 5.96 Å². The number of hydrogen-bond donors (Lipinski definition) is 2. The quantitative estimate of drug-likeness (QED) is 0.370. The molecule has 0 atom stereocenters. The minimum atomic E-state index is 0.696. The molecule has 0 aromatic heterocycles. The molecule has 1 saturated heterocycles. The van der Waals surface area contributed by atoms with Crippen molar-refractivity contribution in [2.45, 2.75) is 19.8 Å². The molecular formula is C15H32N4O2. The predicted molar refractivity (Wildman–Crippen MR) is 86.9 cm³/mol. The zero-order valence-corrected chi connectivity index (χ0v) is 13.9. The van der Waals surface area contributed by atoms with Crippen molar-refractivity contribution in [3.8, 4) is 0 Å². The molecule has 0 spiro atoms. The number of guanidine groups is 1. The van der Waals surface area contributed by atoms with Gasteiger partial charge in [-0.1, -0.05) is 0 Å². The molecule has 0 unspecified atom stereocenters. The number of aliphatic imine (C=N–C) groups is 1. The molecular weight excluding hydrogens is 268 g/mol. The minimum absolute atomic E-state index is 0.696. The van der Waals surface area contributed by atoms with E-state index in [0.29, 0.717) is 12.5 Å². The van der Waals surface area contributed by atoms with Crippen molar-refractivity contribution in [2.75, 3.05) is 66.7 Å². The van der Waals surface area contributed by atoms with Gasteiger partial charge in [0.25, 0.3) is 0 Å². The van der Waals surface area contributed by atoms with Gasteiger partial charge in [0.1, 0.15) is 0 Å². The molecule has 1 aliphatic rings. The lowest BCUT2D eigenvalue weighted by Gasteiger charge is -2.31. The Bertz CT molecular complexity index is 279. The Kier molecular flexibility index (Phi) is 10.2. The Labute approximate surface area is 129 Å². The SMILES string of the molecule is CCNC(=NCC1CCN(CCOC)CC1)NCCOC. The molecule has 1 rings (SSSR count). The minimum Gasteiger partial charge on any atom is -0.383 e. The number of methoxy groups -OCH3 is 2. The van der Waals surface area contributed by atoms with Gasteiger partial charge in [-0.15, -0.1) is 0 Å². The Morgan fingerprint density at radius 3 is 2.48 bits per heavy atom. The number of hydrogen-bond acceptors (Lipinski definition) is 4. The second-order valence-corrected chi connectivity index (χ2v) is 5.42. The highest BCUT2D eigenvalue weighted by molar-refractivity contribution is 5.79. The summed E-state index contributed by atoms with van der Waals surface area (Å²) in [5.41, 5.74) is 0. The lowest BCUT2D eigenvalue weighted by molar-refractivity contribution is 0.121. The fourth-order valence-corrected chi connectivity index (χ4v) is 2.45. The van der Waals surface area contributed by atoms with Crippen LogP contribution in [0.5, 0.6) is 0 Å². The summed E-state index contributed by atoms with van der Waals surface area (Å²) in [5.74, 6) is 1.60. The topological polar surface area (TPSA) is 58.1 Å². The highest BCUT2D eigenvalue weighted by Gasteiger charge is 2.18. The van der Waals surface area contributed by atoms with Crippen molar-refractivity contribution in [2.24, 2.45) is 10.9 Å². The van der Waals surface area contributed by atoms with Crippen LogP contribution in [0.3, 0.4) is 0 Å². The smallest absolute Gasteiger partial charge is 0.191 e. The molecule has 0 amide bonds. The molecule has 0 saturated carbocycles. The van der Waals surface area contributed by atoms with E-state index in [2.05, 4.69) is 22.5 Å². The van der Waals surface area contributed by atoms with Crippen LogP contribution in [0.25, 0.3) is 0 Å². The second kappa shape index (κ2) is 11.8. The summed E-state index contributed by atoms with van der Waals surface area (Å²) in [4.78, 5) is 7.17. The van der Waals surface area contributed by atoms with Crippen molar-refractivity contribution in [3.63, 3.8) is 0 Å². The van der Waals surface area contributed by atoms with Crippen LogP contribution < -0.4 is 10.6 Å². The second-order valence-electron chi connectivity index (χ2n) is 5.42. The summed E-state index contributed by atoms with van der Waals surface area (Å²) in [6.07, 6.45) is 2.45. The highest BCUT2D eigenvalue weighted by atomic mass is 16.5. The van der Waals surface area contributed by atoms with Crippen LogP contribution in [0.2, 0.25) is 0 Å². The summed E-state index contributed by atoms with van der Waals surface area (Å²) in [7, 11) is 3.48. The van der Waals surface area contributed by atoms with Gasteiger partial charge in [0.05, 0.1) is 13.2 Å². The van der Waals surface area contributed by atoms with E-state index in [1.165, 1.54) is 12.8 Å². The van der Waals surface area contributed by atoms with Gasteiger partial charge in [-0.25, -0.2) is 0 Å². The van der Waals surface area contributed by atoms with Crippen molar-refractivity contribution in [1.82, 2.24) is 15.5 Å². The van der Waals surface area contributed by atoms with Crippen LogP contribution in [0.1, 0.15) is 19.8 Å². The van der Waals surface area contributed by atoms with E-state index in [1.807, 2.05) is 0 Å². The normalized spacial score (nSPS) is 18.0. The van der Waals surface area contributed by atoms with Crippen LogP contribution in [0, 0.1) is 5.92 Å². The molecule has 6 heteroatoms. The van der Waals surface area contributed by atoms with E-state index in [1.54, 1.807) is 14.2 Å². The van der Waals surface area contributed by atoms with Crippen molar-refractivity contribution in [1.29, 1.82) is 0 Å². The maximum atomic E-state index is 5.13. The number of likely N-dealkylation sites (tertiary alicyclic amines) is 1. The summed E-state index contributed by atoms with van der Waals surface area (Å²) in [6, 6.07) is 0. The summed E-state index contributed by atoms with van der Waals surface area (Å²) < 4.78 is 10.2. The van der Waals surface area contributed by atoms with Gasteiger partial charge >= 0.3 is 0 Å². The maximum Gasteiger partial charge on any atom is 0.191 e. The number of nitrogens with zero attached hydrogens (tertiary/aromatic N) is 2. The largest absolute Gasteiger partial charge is 0.383 e. The molecule has 124 valence electrons. The average Bonchev–Trinajstić information content (AvgIpc) is 2.52. The molecule has 6 nitrogen and oxygen atoms in total. The zero-order chi connectivity index (χ0) is 15.3. The van der Waals surface area contributed by atoms with E-state index in [-0.39, 0.29) is 0 Å². The van der Waals surface area contributed by atoms with Crippen LogP contribution in [0.4, 0.5) is 0 Å². The van der Waals surface area contributed by atoms with Crippen LogP contribution in [-0.4, -0.2) is 77.6 Å². The lowest BCUT2D eigenvalue weighted by Crippen LogP contribution is -2.40. The van der Waals surface area contributed by atoms with Crippen molar-refractivity contribution in [3.05, 3.63) is 0 Å². The molecule has 0 aliphatic carbocycles. The van der Waals surface area contributed by atoms with Crippen LogP contribution in [0.15, 0.2) is 4.99 Å². The first kappa shape index (κ1) is 18.2. The highest BCUT2D eigenvalue weighted by Crippen LogP contribution is 2.17. The van der Waals surface area contributed by atoms with E-state index in [9.17, 15) is 0 Å². The summed E-state index contributed by atoms with van der Waals surface area (Å²) >= 11 is 0. The summed E-state index contributed by atoms with van der Waals surface area (Å²) in [5, 5.41) is 6.56. The van der Waals surface area contributed by atoms with Crippen molar-refractivity contribution < 1.29 is 9.47 Å². The first-order valence-corrected chi connectivity index (χ1v) is 8.02. The third-order valence-corrected chi connectivity index (χ3v) is 3.77. The molecule has 0 aromatic rings. The molecule has 0 bridgehead atoms. The summed E-state index contributed by atoms with van der Waals surface area (Å²) in [6.45, 7) is 9.56. The van der Waals surface area contributed by atoms with Gasteiger partial charge < -0.3 is 25.0 Å². The lowest BCUT2D eigenvalue weighted by atomic mass is 9.97. The van der Waals surface area contributed by atoms with E-state index >= 15 is 0 Å². The fourth-order valence-electron chi connectivity index (χ4n) is 2.45. The number of piperidine rings is 1. The van der Waals surface area contributed by atoms with Gasteiger partial charge in [-0.05, 0) is 38.8 Å². The van der Waals surface area contributed by atoms with Crippen LogP contribution in [-0.2, 0) is 9.47 Å². The fraction of sp³-hybridized carbons (Fsp3) is 0.933. The molecule has 1 aliphatic heterocycles. The van der Waals surface area contributed by atoms with E-state index < -0.39 is 0 Å². The predicted octanol–water partition coefficient (Wildman–Crippen LogP) is 0.546. The first-order valence-electron chi connectivity index (χ1n) is 8.02. The average molecular weight is 300 g/mol. The Hall–Kier alpha value is -0.850. The van der Waals surface area contributed by atoms with Gasteiger partial charge in [0.2, 0.25) is 0 Å². The molecule has 0 radical (unpaired) electrons. The molecule has 21 heavy (non-hydrogen) atoms. The van der Waals surface area contributed by atoms with Crippen LogP contribution >= 0.6 is 0 Å². The standard InChI is InChI=1S/C15H32N4O2/c1-4-16-15(17-7-11-20-2)18-13-14-5-8-19(9-6-14)10-12-21-3/h14H,4-13H2,1-3H3,(H2,16,17,18). The first-order chi connectivity index (χ1) is 10.3. The maximum absolute atomic E-state index is 5.13.